The van der Waals surface area contributed by atoms with Crippen LogP contribution in [-0.2, 0) is 4.79 Å². The highest BCUT2D eigenvalue weighted by molar-refractivity contribution is 9.11. The molecule has 1 rings (SSSR count). The maximum Gasteiger partial charge on any atom is 0.321 e. The Morgan fingerprint density at radius 3 is 2.70 bits per heavy atom. The van der Waals surface area contributed by atoms with Crippen LogP contribution < -0.4 is 10.6 Å². The van der Waals surface area contributed by atoms with E-state index in [9.17, 15) is 9.59 Å². The maximum atomic E-state index is 11.6. The third kappa shape index (κ3) is 6.85. The third-order valence-corrected chi connectivity index (χ3v) is 4.19. The summed E-state index contributed by atoms with van der Waals surface area (Å²) in [6.07, 6.45) is 3.07. The number of carboxylic acid groups (broad SMARTS) is 1. The first-order valence-electron chi connectivity index (χ1n) is 6.16. The molecule has 0 atom stereocenters. The number of hydrogen-bond acceptors (Lipinski definition) is 4. The second-order valence-corrected chi connectivity index (χ2v) is 7.57. The largest absolute Gasteiger partial charge is 0.481 e. The Morgan fingerprint density at radius 2 is 2.15 bits per heavy atom. The van der Waals surface area contributed by atoms with Gasteiger partial charge in [0.2, 0.25) is 0 Å². The van der Waals surface area contributed by atoms with Crippen molar-refractivity contribution in [1.82, 2.24) is 10.3 Å². The molecule has 0 saturated carbocycles. The highest BCUT2D eigenvalue weighted by Gasteiger charge is 2.19. The molecular weight excluding hydrogens is 346 g/mol. The smallest absolute Gasteiger partial charge is 0.321 e. The zero-order chi connectivity index (χ0) is 15.2. The van der Waals surface area contributed by atoms with E-state index in [2.05, 4.69) is 31.5 Å². The Kier molecular flexibility index (Phi) is 6.41. The number of aliphatic carboxylic acids is 1. The van der Waals surface area contributed by atoms with Gasteiger partial charge in [-0.25, -0.2) is 9.78 Å². The van der Waals surface area contributed by atoms with Crippen LogP contribution in [0.4, 0.5) is 9.93 Å². The van der Waals surface area contributed by atoms with Gasteiger partial charge < -0.3 is 10.4 Å². The molecule has 3 N–H and O–H groups in total. The molecule has 0 spiro atoms. The predicted octanol–water partition coefficient (Wildman–Crippen LogP) is 3.31. The van der Waals surface area contributed by atoms with Crippen molar-refractivity contribution in [3.05, 3.63) is 9.98 Å². The van der Waals surface area contributed by atoms with Crippen molar-refractivity contribution in [2.45, 2.75) is 33.1 Å². The van der Waals surface area contributed by atoms with E-state index in [1.54, 1.807) is 6.20 Å². The van der Waals surface area contributed by atoms with Crippen molar-refractivity contribution < 1.29 is 14.7 Å². The lowest BCUT2D eigenvalue weighted by atomic mass is 9.84. The van der Waals surface area contributed by atoms with Crippen LogP contribution in [0.3, 0.4) is 0 Å². The van der Waals surface area contributed by atoms with Gasteiger partial charge in [0, 0.05) is 13.0 Å². The number of carboxylic acids is 1. The fraction of sp³-hybridized carbons (Fsp3) is 0.583. The number of carbonyl (C=O) groups is 2. The molecule has 112 valence electrons. The lowest BCUT2D eigenvalue weighted by Crippen LogP contribution is -2.32. The summed E-state index contributed by atoms with van der Waals surface area (Å²) >= 11 is 4.60. The molecule has 0 aliphatic carbocycles. The van der Waals surface area contributed by atoms with Gasteiger partial charge >= 0.3 is 12.0 Å². The Hall–Kier alpha value is -1.15. The van der Waals surface area contributed by atoms with Crippen molar-refractivity contribution in [2.75, 3.05) is 11.9 Å². The highest BCUT2D eigenvalue weighted by atomic mass is 79.9. The van der Waals surface area contributed by atoms with E-state index >= 15 is 0 Å². The van der Waals surface area contributed by atoms with Crippen LogP contribution in [0.1, 0.15) is 33.1 Å². The molecule has 0 bridgehead atoms. The number of halogens is 1. The molecular formula is C12H18BrN3O3S. The zero-order valence-electron chi connectivity index (χ0n) is 11.4. The maximum absolute atomic E-state index is 11.6. The Balaban J connectivity index is 2.25. The molecule has 20 heavy (non-hydrogen) atoms. The minimum Gasteiger partial charge on any atom is -0.481 e. The van der Waals surface area contributed by atoms with Gasteiger partial charge in [-0.3, -0.25) is 10.1 Å². The monoisotopic (exact) mass is 363 g/mol. The average Bonchev–Trinajstić information content (AvgIpc) is 2.72. The molecule has 1 aromatic heterocycles. The van der Waals surface area contributed by atoms with Gasteiger partial charge in [-0.1, -0.05) is 25.2 Å². The number of carbonyl (C=O) groups excluding carboxylic acids is 1. The van der Waals surface area contributed by atoms with E-state index in [0.29, 0.717) is 18.1 Å². The normalized spacial score (nSPS) is 11.2. The molecule has 2 amide bonds. The Bertz CT molecular complexity index is 476. The minimum atomic E-state index is -0.793. The first kappa shape index (κ1) is 16.9. The van der Waals surface area contributed by atoms with E-state index in [4.69, 9.17) is 5.11 Å². The molecule has 0 aliphatic heterocycles. The fourth-order valence-corrected chi connectivity index (χ4v) is 2.64. The first-order chi connectivity index (χ1) is 9.28. The molecule has 8 heteroatoms. The number of amides is 2. The van der Waals surface area contributed by atoms with Gasteiger partial charge in [-0.05, 0) is 34.2 Å². The number of rotatable bonds is 7. The van der Waals surface area contributed by atoms with Crippen LogP contribution in [-0.4, -0.2) is 28.6 Å². The van der Waals surface area contributed by atoms with E-state index < -0.39 is 5.97 Å². The van der Waals surface area contributed by atoms with Gasteiger partial charge in [0.1, 0.15) is 0 Å². The molecule has 1 heterocycles. The summed E-state index contributed by atoms with van der Waals surface area (Å²) in [5.41, 5.74) is -0.115. The molecule has 0 radical (unpaired) electrons. The highest BCUT2D eigenvalue weighted by Crippen LogP contribution is 2.26. The van der Waals surface area contributed by atoms with Crippen LogP contribution in [0.5, 0.6) is 0 Å². The molecule has 0 aromatic carbocycles. The van der Waals surface area contributed by atoms with Crippen LogP contribution in [0.15, 0.2) is 9.98 Å². The van der Waals surface area contributed by atoms with E-state index in [-0.39, 0.29) is 17.9 Å². The summed E-state index contributed by atoms with van der Waals surface area (Å²) in [5, 5.41) is 14.6. The van der Waals surface area contributed by atoms with Gasteiger partial charge in [0.15, 0.2) is 5.13 Å². The lowest BCUT2D eigenvalue weighted by molar-refractivity contribution is -0.137. The van der Waals surface area contributed by atoms with Gasteiger partial charge in [-0.2, -0.15) is 0 Å². The van der Waals surface area contributed by atoms with Crippen molar-refractivity contribution in [1.29, 1.82) is 0 Å². The van der Waals surface area contributed by atoms with E-state index in [1.807, 2.05) is 13.8 Å². The molecule has 0 unspecified atom stereocenters. The van der Waals surface area contributed by atoms with E-state index in [1.165, 1.54) is 11.3 Å². The molecule has 1 aromatic rings. The summed E-state index contributed by atoms with van der Waals surface area (Å²) in [5.74, 6) is -0.793. The van der Waals surface area contributed by atoms with E-state index in [0.717, 1.165) is 10.2 Å². The predicted molar refractivity (Wildman–Crippen MR) is 82.1 cm³/mol. The number of nitrogens with one attached hydrogen (secondary N) is 2. The summed E-state index contributed by atoms with van der Waals surface area (Å²) in [4.78, 5) is 26.1. The topological polar surface area (TPSA) is 91.3 Å². The molecule has 6 nitrogen and oxygen atoms in total. The SMILES string of the molecule is CC(C)(CCNC(=O)Nc1ncc(Br)s1)CCC(=O)O. The summed E-state index contributed by atoms with van der Waals surface area (Å²) in [7, 11) is 0. The van der Waals surface area contributed by atoms with Crippen LogP contribution in [0.2, 0.25) is 0 Å². The van der Waals surface area contributed by atoms with Crippen molar-refractivity contribution in [2.24, 2.45) is 5.41 Å². The Morgan fingerprint density at radius 1 is 1.45 bits per heavy atom. The molecule has 0 saturated heterocycles. The van der Waals surface area contributed by atoms with Gasteiger partial charge in [0.25, 0.3) is 0 Å². The number of anilines is 1. The number of thiazole rings is 1. The molecule has 0 aliphatic rings. The number of aromatic nitrogens is 1. The van der Waals surface area contributed by atoms with Crippen molar-refractivity contribution >= 4 is 44.4 Å². The summed E-state index contributed by atoms with van der Waals surface area (Å²) in [6, 6.07) is -0.305. The fourth-order valence-electron chi connectivity index (χ4n) is 1.54. The standard InChI is InChI=1S/C12H18BrN3O3S/c1-12(2,4-3-9(17)18)5-6-14-10(19)16-11-15-7-8(13)20-11/h7H,3-6H2,1-2H3,(H,17,18)(H2,14,15,16,19). The van der Waals surface area contributed by atoms with Crippen molar-refractivity contribution in [3.63, 3.8) is 0 Å². The first-order valence-corrected chi connectivity index (χ1v) is 7.77. The Labute approximate surface area is 130 Å². The second kappa shape index (κ2) is 7.58. The third-order valence-electron chi connectivity index (χ3n) is 2.80. The van der Waals surface area contributed by atoms with Crippen LogP contribution in [0, 0.1) is 5.41 Å². The quantitative estimate of drug-likeness (QED) is 0.692. The van der Waals surface area contributed by atoms with Crippen molar-refractivity contribution in [3.8, 4) is 0 Å². The number of urea groups is 1. The van der Waals surface area contributed by atoms with Gasteiger partial charge in [0.05, 0.1) is 9.98 Å². The van der Waals surface area contributed by atoms with Gasteiger partial charge in [-0.15, -0.1) is 0 Å². The minimum absolute atomic E-state index is 0.115. The van der Waals surface area contributed by atoms with Crippen LogP contribution >= 0.6 is 27.3 Å². The average molecular weight is 364 g/mol. The van der Waals surface area contributed by atoms with Crippen LogP contribution in [0.25, 0.3) is 0 Å². The number of nitrogens with zero attached hydrogens (tertiary/aromatic N) is 1. The number of hydrogen-bond donors (Lipinski definition) is 3. The molecule has 0 fully saturated rings. The zero-order valence-corrected chi connectivity index (χ0v) is 13.8. The summed E-state index contributed by atoms with van der Waals surface area (Å²) < 4.78 is 0.850. The lowest BCUT2D eigenvalue weighted by Gasteiger charge is -2.23. The second-order valence-electron chi connectivity index (χ2n) is 5.16. The summed E-state index contributed by atoms with van der Waals surface area (Å²) in [6.45, 7) is 4.48.